The topological polar surface area (TPSA) is 8.17 Å². The molecule has 180 valence electrons. The number of anilines is 2. The van der Waals surface area contributed by atoms with Crippen LogP contribution in [0.3, 0.4) is 0 Å². The van der Waals surface area contributed by atoms with Crippen LogP contribution in [0.25, 0.3) is 38.6 Å². The second kappa shape index (κ2) is 8.36. The Hall–Kier alpha value is -4.82. The van der Waals surface area contributed by atoms with E-state index in [2.05, 4.69) is 155 Å². The minimum absolute atomic E-state index is 0.215. The molecular formula is C36H26N2. The summed E-state index contributed by atoms with van der Waals surface area (Å²) in [6.07, 6.45) is 9.15. The zero-order chi connectivity index (χ0) is 25.1. The summed E-state index contributed by atoms with van der Waals surface area (Å²) in [4.78, 5) is 2.60. The van der Waals surface area contributed by atoms with Gasteiger partial charge >= 0.3 is 0 Å². The van der Waals surface area contributed by atoms with Gasteiger partial charge in [0.2, 0.25) is 0 Å². The molecule has 8 rings (SSSR count). The van der Waals surface area contributed by atoms with Gasteiger partial charge in [0.05, 0.1) is 22.8 Å². The molecule has 0 fully saturated rings. The normalized spacial score (nSPS) is 17.7. The molecule has 0 radical (unpaired) electrons. The van der Waals surface area contributed by atoms with Crippen molar-refractivity contribution in [1.29, 1.82) is 0 Å². The van der Waals surface area contributed by atoms with Crippen LogP contribution < -0.4 is 4.90 Å². The van der Waals surface area contributed by atoms with Gasteiger partial charge in [0.1, 0.15) is 0 Å². The Morgan fingerprint density at radius 3 is 2.13 bits per heavy atom. The number of hydrogen-bond acceptors (Lipinski definition) is 1. The van der Waals surface area contributed by atoms with Gasteiger partial charge in [0.15, 0.2) is 0 Å². The quantitative estimate of drug-likeness (QED) is 0.242. The maximum atomic E-state index is 2.60. The van der Waals surface area contributed by atoms with Gasteiger partial charge in [-0.1, -0.05) is 121 Å². The van der Waals surface area contributed by atoms with Gasteiger partial charge in [0, 0.05) is 33.6 Å². The number of allylic oxidation sites excluding steroid dienone is 2. The third-order valence-corrected chi connectivity index (χ3v) is 8.11. The SMILES string of the molecule is C1=CC2c3ccc4c5ccccc5n(-c5ccccc5)c4c3N(c3ccccc3-c3ccccc3)C2C=C1. The van der Waals surface area contributed by atoms with E-state index in [1.807, 2.05) is 0 Å². The number of fused-ring (bicyclic) bond motifs is 7. The van der Waals surface area contributed by atoms with Crippen LogP contribution in [0.15, 0.2) is 146 Å². The average molecular weight is 487 g/mol. The van der Waals surface area contributed by atoms with Gasteiger partial charge in [-0.2, -0.15) is 0 Å². The van der Waals surface area contributed by atoms with Crippen molar-refractivity contribution in [3.8, 4) is 16.8 Å². The summed E-state index contributed by atoms with van der Waals surface area (Å²) in [6.45, 7) is 0. The average Bonchev–Trinajstić information content (AvgIpc) is 3.51. The highest BCUT2D eigenvalue weighted by Crippen LogP contribution is 2.54. The monoisotopic (exact) mass is 486 g/mol. The maximum absolute atomic E-state index is 2.60. The van der Waals surface area contributed by atoms with Crippen LogP contribution in [0.4, 0.5) is 11.4 Å². The second-order valence-electron chi connectivity index (χ2n) is 10.1. The van der Waals surface area contributed by atoms with Gasteiger partial charge in [-0.3, -0.25) is 0 Å². The van der Waals surface area contributed by atoms with Gasteiger partial charge in [0.25, 0.3) is 0 Å². The van der Waals surface area contributed by atoms with Crippen molar-refractivity contribution in [3.63, 3.8) is 0 Å². The molecule has 1 aromatic heterocycles. The highest BCUT2D eigenvalue weighted by atomic mass is 15.2. The minimum atomic E-state index is 0.215. The van der Waals surface area contributed by atoms with Crippen LogP contribution in [0.1, 0.15) is 11.5 Å². The lowest BCUT2D eigenvalue weighted by Crippen LogP contribution is -2.29. The zero-order valence-electron chi connectivity index (χ0n) is 20.9. The van der Waals surface area contributed by atoms with E-state index in [9.17, 15) is 0 Å². The maximum Gasteiger partial charge on any atom is 0.0782 e. The van der Waals surface area contributed by atoms with E-state index in [-0.39, 0.29) is 6.04 Å². The Balaban J connectivity index is 1.51. The molecular weight excluding hydrogens is 460 g/mol. The first kappa shape index (κ1) is 21.3. The molecule has 0 spiro atoms. The van der Waals surface area contributed by atoms with Gasteiger partial charge in [-0.25, -0.2) is 0 Å². The highest BCUT2D eigenvalue weighted by Gasteiger charge is 2.40. The molecule has 5 aromatic carbocycles. The number of aromatic nitrogens is 1. The minimum Gasteiger partial charge on any atom is -0.331 e. The van der Waals surface area contributed by atoms with Crippen molar-refractivity contribution in [2.24, 2.45) is 0 Å². The molecule has 0 amide bonds. The molecule has 1 aliphatic carbocycles. The molecule has 38 heavy (non-hydrogen) atoms. The van der Waals surface area contributed by atoms with Crippen LogP contribution in [0, 0.1) is 0 Å². The smallest absolute Gasteiger partial charge is 0.0782 e. The van der Waals surface area contributed by atoms with Crippen LogP contribution in [-0.2, 0) is 0 Å². The van der Waals surface area contributed by atoms with E-state index in [4.69, 9.17) is 0 Å². The van der Waals surface area contributed by atoms with Crippen molar-refractivity contribution in [1.82, 2.24) is 4.57 Å². The van der Waals surface area contributed by atoms with Crippen LogP contribution in [0.2, 0.25) is 0 Å². The molecule has 0 bridgehead atoms. The van der Waals surface area contributed by atoms with E-state index in [0.29, 0.717) is 5.92 Å². The second-order valence-corrected chi connectivity index (χ2v) is 10.1. The Morgan fingerprint density at radius 2 is 1.26 bits per heavy atom. The van der Waals surface area contributed by atoms with Crippen molar-refractivity contribution in [2.75, 3.05) is 4.90 Å². The third kappa shape index (κ3) is 3.01. The molecule has 2 atom stereocenters. The first-order valence-electron chi connectivity index (χ1n) is 13.3. The van der Waals surface area contributed by atoms with Crippen LogP contribution >= 0.6 is 0 Å². The lowest BCUT2D eigenvalue weighted by Gasteiger charge is -2.31. The fourth-order valence-electron chi connectivity index (χ4n) is 6.53. The first-order chi connectivity index (χ1) is 18.9. The summed E-state index contributed by atoms with van der Waals surface area (Å²) in [7, 11) is 0. The molecule has 0 N–H and O–H groups in total. The number of rotatable bonds is 3. The molecule has 2 aliphatic rings. The fraction of sp³-hybridized carbons (Fsp3) is 0.0556. The van der Waals surface area contributed by atoms with Gasteiger partial charge in [-0.05, 0) is 35.4 Å². The van der Waals surface area contributed by atoms with Crippen molar-refractivity contribution < 1.29 is 0 Å². The van der Waals surface area contributed by atoms with E-state index in [1.165, 1.54) is 55.6 Å². The summed E-state index contributed by atoms with van der Waals surface area (Å²) < 4.78 is 2.46. The largest absolute Gasteiger partial charge is 0.331 e. The summed E-state index contributed by atoms with van der Waals surface area (Å²) in [5.74, 6) is 0.297. The zero-order valence-corrected chi connectivity index (χ0v) is 20.9. The number of nitrogens with zero attached hydrogens (tertiary/aromatic N) is 2. The summed E-state index contributed by atoms with van der Waals surface area (Å²) in [5, 5.41) is 2.57. The molecule has 0 saturated heterocycles. The molecule has 6 aromatic rings. The van der Waals surface area contributed by atoms with Crippen molar-refractivity contribution in [2.45, 2.75) is 12.0 Å². The van der Waals surface area contributed by atoms with Gasteiger partial charge in [-0.15, -0.1) is 0 Å². The van der Waals surface area contributed by atoms with E-state index < -0.39 is 0 Å². The number of hydrogen-bond donors (Lipinski definition) is 0. The summed E-state index contributed by atoms with van der Waals surface area (Å²) in [5.41, 5.74) is 10.1. The molecule has 1 aliphatic heterocycles. The van der Waals surface area contributed by atoms with Crippen LogP contribution in [-0.4, -0.2) is 10.6 Å². The van der Waals surface area contributed by atoms with Crippen molar-refractivity contribution >= 4 is 33.2 Å². The summed E-state index contributed by atoms with van der Waals surface area (Å²) in [6, 6.07) is 44.1. The lowest BCUT2D eigenvalue weighted by atomic mass is 9.91. The fourth-order valence-corrected chi connectivity index (χ4v) is 6.53. The first-order valence-corrected chi connectivity index (χ1v) is 13.3. The van der Waals surface area contributed by atoms with E-state index in [0.717, 1.165) is 0 Å². The van der Waals surface area contributed by atoms with Crippen LogP contribution in [0.5, 0.6) is 0 Å². The van der Waals surface area contributed by atoms with Gasteiger partial charge < -0.3 is 9.47 Å². The molecule has 2 nitrogen and oxygen atoms in total. The Labute approximate surface area is 222 Å². The van der Waals surface area contributed by atoms with Crippen molar-refractivity contribution in [3.05, 3.63) is 151 Å². The van der Waals surface area contributed by atoms with E-state index >= 15 is 0 Å². The van der Waals surface area contributed by atoms with E-state index in [1.54, 1.807) is 0 Å². The Kier molecular flexibility index (Phi) is 4.68. The Bertz CT molecular complexity index is 1880. The summed E-state index contributed by atoms with van der Waals surface area (Å²) >= 11 is 0. The predicted octanol–water partition coefficient (Wildman–Crippen LogP) is 9.18. The molecule has 2 heterocycles. The number of benzene rings is 5. The Morgan fingerprint density at radius 1 is 0.553 bits per heavy atom. The lowest BCUT2D eigenvalue weighted by molar-refractivity contribution is 0.745. The highest BCUT2D eigenvalue weighted by molar-refractivity contribution is 6.15. The molecule has 2 unspecified atom stereocenters. The molecule has 0 saturated carbocycles. The molecule has 2 heteroatoms. The third-order valence-electron chi connectivity index (χ3n) is 8.11. The number of para-hydroxylation sites is 3. The predicted molar refractivity (Wildman–Crippen MR) is 160 cm³/mol. The standard InChI is InChI=1S/C36H26N2/c1-3-13-25(14-4-1)27-17-7-10-20-32(27)38-34-22-12-9-19-29(34)31-24-23-30-28-18-8-11-21-33(28)37(35(30)36(31)38)26-15-5-2-6-16-26/h1-24,29,34H.